The first kappa shape index (κ1) is 15.4. The molecule has 0 radical (unpaired) electrons. The van der Waals surface area contributed by atoms with Crippen LogP contribution in [0.3, 0.4) is 0 Å². The molecular formula is C13H21BrN2O2. The Morgan fingerprint density at radius 1 is 1.50 bits per heavy atom. The number of halogens is 1. The monoisotopic (exact) mass is 316 g/mol. The van der Waals surface area contributed by atoms with Crippen LogP contribution in [0.1, 0.15) is 19.4 Å². The maximum absolute atomic E-state index is 9.43. The van der Waals surface area contributed by atoms with Crippen molar-refractivity contribution in [2.24, 2.45) is 5.92 Å². The van der Waals surface area contributed by atoms with Crippen molar-refractivity contribution in [2.75, 3.05) is 31.7 Å². The van der Waals surface area contributed by atoms with Gasteiger partial charge in [0.2, 0.25) is 0 Å². The zero-order valence-electron chi connectivity index (χ0n) is 11.2. The molecule has 1 aromatic heterocycles. The summed E-state index contributed by atoms with van der Waals surface area (Å²) in [5, 5.41) is 9.43. The van der Waals surface area contributed by atoms with E-state index in [2.05, 4.69) is 39.7 Å². The third-order valence-corrected chi connectivity index (χ3v) is 2.96. The molecule has 1 N–H and O–H groups in total. The van der Waals surface area contributed by atoms with E-state index in [1.54, 1.807) is 13.3 Å². The van der Waals surface area contributed by atoms with Crippen LogP contribution in [0.5, 0.6) is 0 Å². The zero-order chi connectivity index (χ0) is 13.5. The van der Waals surface area contributed by atoms with E-state index in [0.717, 1.165) is 28.9 Å². The first-order valence-corrected chi connectivity index (χ1v) is 6.87. The second kappa shape index (κ2) is 7.71. The van der Waals surface area contributed by atoms with E-state index in [4.69, 9.17) is 4.74 Å². The number of ether oxygens (including phenoxy) is 1. The van der Waals surface area contributed by atoms with Gasteiger partial charge in [-0.05, 0) is 27.9 Å². The van der Waals surface area contributed by atoms with Crippen molar-refractivity contribution in [3.63, 3.8) is 0 Å². The van der Waals surface area contributed by atoms with Gasteiger partial charge in [0.15, 0.2) is 0 Å². The predicted molar refractivity (Wildman–Crippen MR) is 76.8 cm³/mol. The van der Waals surface area contributed by atoms with Crippen molar-refractivity contribution in [3.05, 3.63) is 22.3 Å². The van der Waals surface area contributed by atoms with Crippen LogP contribution >= 0.6 is 15.9 Å². The van der Waals surface area contributed by atoms with E-state index in [0.29, 0.717) is 12.5 Å². The lowest BCUT2D eigenvalue weighted by Gasteiger charge is -2.27. The summed E-state index contributed by atoms with van der Waals surface area (Å²) in [7, 11) is 1.69. The number of rotatable bonds is 7. The molecule has 0 aliphatic heterocycles. The summed E-state index contributed by atoms with van der Waals surface area (Å²) in [6.45, 7) is 6.63. The highest BCUT2D eigenvalue weighted by Crippen LogP contribution is 2.22. The van der Waals surface area contributed by atoms with Crippen molar-refractivity contribution < 1.29 is 9.84 Å². The molecule has 0 saturated carbocycles. The van der Waals surface area contributed by atoms with Crippen LogP contribution in [0.25, 0.3) is 0 Å². The smallest absolute Gasteiger partial charge is 0.134 e. The minimum atomic E-state index is -0.0106. The molecule has 0 aliphatic rings. The Morgan fingerprint density at radius 3 is 2.78 bits per heavy atom. The van der Waals surface area contributed by atoms with E-state index in [1.807, 2.05) is 6.07 Å². The van der Waals surface area contributed by atoms with Gasteiger partial charge in [0, 0.05) is 36.4 Å². The first-order chi connectivity index (χ1) is 8.58. The first-order valence-electron chi connectivity index (χ1n) is 6.07. The number of hydrogen-bond acceptors (Lipinski definition) is 4. The molecule has 0 aromatic carbocycles. The van der Waals surface area contributed by atoms with Gasteiger partial charge in [-0.1, -0.05) is 13.8 Å². The number of pyridine rings is 1. The number of aliphatic hydroxyl groups excluding tert-OH is 1. The molecule has 0 bridgehead atoms. The fourth-order valence-electron chi connectivity index (χ4n) is 1.80. The Labute approximate surface area is 117 Å². The van der Waals surface area contributed by atoms with Crippen molar-refractivity contribution in [1.29, 1.82) is 0 Å². The van der Waals surface area contributed by atoms with Gasteiger partial charge in [-0.2, -0.15) is 0 Å². The summed E-state index contributed by atoms with van der Waals surface area (Å²) in [5.41, 5.74) is 0.834. The molecule has 102 valence electrons. The summed E-state index contributed by atoms with van der Waals surface area (Å²) in [6, 6.07) is 1.91. The summed E-state index contributed by atoms with van der Waals surface area (Å²) < 4.78 is 6.01. The quantitative estimate of drug-likeness (QED) is 0.839. The van der Waals surface area contributed by atoms with Gasteiger partial charge in [-0.25, -0.2) is 4.98 Å². The van der Waals surface area contributed by atoms with Crippen LogP contribution < -0.4 is 4.90 Å². The lowest BCUT2D eigenvalue weighted by atomic mass is 10.2. The average Bonchev–Trinajstić information content (AvgIpc) is 2.34. The highest BCUT2D eigenvalue weighted by Gasteiger charge is 2.14. The van der Waals surface area contributed by atoms with Gasteiger partial charge in [0.25, 0.3) is 0 Å². The maximum Gasteiger partial charge on any atom is 0.134 e. The molecule has 1 rings (SSSR count). The molecule has 0 fully saturated rings. The van der Waals surface area contributed by atoms with Gasteiger partial charge in [-0.15, -0.1) is 0 Å². The van der Waals surface area contributed by atoms with Crippen molar-refractivity contribution in [2.45, 2.75) is 20.5 Å². The van der Waals surface area contributed by atoms with E-state index >= 15 is 0 Å². The second-order valence-corrected chi connectivity index (χ2v) is 5.54. The van der Waals surface area contributed by atoms with Crippen molar-refractivity contribution in [3.8, 4) is 0 Å². The van der Waals surface area contributed by atoms with Crippen molar-refractivity contribution in [1.82, 2.24) is 4.98 Å². The van der Waals surface area contributed by atoms with Crippen LogP contribution in [0.2, 0.25) is 0 Å². The third kappa shape index (κ3) is 4.55. The standard InChI is InChI=1S/C13H21BrN2O2/c1-10(2)8-16(4-5-18-3)13-11(9-17)6-12(14)7-15-13/h6-7,10,17H,4-5,8-9H2,1-3H3. The number of nitrogens with zero attached hydrogens (tertiary/aromatic N) is 2. The Morgan fingerprint density at radius 2 is 2.22 bits per heavy atom. The predicted octanol–water partition coefficient (Wildman–Crippen LogP) is 2.45. The normalized spacial score (nSPS) is 11.0. The van der Waals surface area contributed by atoms with Gasteiger partial charge in [-0.3, -0.25) is 0 Å². The molecule has 1 aromatic rings. The molecule has 0 spiro atoms. The van der Waals surface area contributed by atoms with Crippen LogP contribution in [0.4, 0.5) is 5.82 Å². The third-order valence-electron chi connectivity index (χ3n) is 2.53. The molecule has 1 heterocycles. The minimum absolute atomic E-state index is 0.0106. The van der Waals surface area contributed by atoms with Crippen LogP contribution in [0, 0.1) is 5.92 Å². The minimum Gasteiger partial charge on any atom is -0.392 e. The Balaban J connectivity index is 2.95. The fourth-order valence-corrected chi connectivity index (χ4v) is 2.18. The van der Waals surface area contributed by atoms with Gasteiger partial charge in [0.1, 0.15) is 5.82 Å². The van der Waals surface area contributed by atoms with E-state index in [-0.39, 0.29) is 6.61 Å². The number of aliphatic hydroxyl groups is 1. The average molecular weight is 317 g/mol. The van der Waals surface area contributed by atoms with Crippen LogP contribution in [0.15, 0.2) is 16.7 Å². The molecule has 0 aliphatic carbocycles. The van der Waals surface area contributed by atoms with E-state index in [9.17, 15) is 5.11 Å². The topological polar surface area (TPSA) is 45.6 Å². The Bertz CT molecular complexity index is 372. The number of aromatic nitrogens is 1. The largest absolute Gasteiger partial charge is 0.392 e. The van der Waals surface area contributed by atoms with Gasteiger partial charge < -0.3 is 14.7 Å². The molecule has 0 unspecified atom stereocenters. The second-order valence-electron chi connectivity index (χ2n) is 4.63. The SMILES string of the molecule is COCCN(CC(C)C)c1ncc(Br)cc1CO. The summed E-state index contributed by atoms with van der Waals surface area (Å²) in [5.74, 6) is 1.37. The zero-order valence-corrected chi connectivity index (χ0v) is 12.8. The Hall–Kier alpha value is -0.650. The number of anilines is 1. The van der Waals surface area contributed by atoms with Gasteiger partial charge >= 0.3 is 0 Å². The molecule has 0 amide bonds. The van der Waals surface area contributed by atoms with Crippen LogP contribution in [-0.4, -0.2) is 36.9 Å². The molecular weight excluding hydrogens is 296 g/mol. The molecule has 5 heteroatoms. The molecule has 4 nitrogen and oxygen atoms in total. The highest BCUT2D eigenvalue weighted by molar-refractivity contribution is 9.10. The van der Waals surface area contributed by atoms with E-state index < -0.39 is 0 Å². The lowest BCUT2D eigenvalue weighted by Crippen LogP contribution is -2.32. The fraction of sp³-hybridized carbons (Fsp3) is 0.615. The number of hydrogen-bond donors (Lipinski definition) is 1. The highest BCUT2D eigenvalue weighted by atomic mass is 79.9. The lowest BCUT2D eigenvalue weighted by molar-refractivity contribution is 0.204. The van der Waals surface area contributed by atoms with Crippen LogP contribution in [-0.2, 0) is 11.3 Å². The Kier molecular flexibility index (Phi) is 6.60. The maximum atomic E-state index is 9.43. The van der Waals surface area contributed by atoms with Crippen molar-refractivity contribution >= 4 is 21.7 Å². The number of methoxy groups -OCH3 is 1. The molecule has 0 atom stereocenters. The summed E-state index contributed by atoms with van der Waals surface area (Å²) in [6.07, 6.45) is 1.76. The summed E-state index contributed by atoms with van der Waals surface area (Å²) >= 11 is 3.37. The summed E-state index contributed by atoms with van der Waals surface area (Å²) in [4.78, 5) is 6.58. The van der Waals surface area contributed by atoms with E-state index in [1.165, 1.54) is 0 Å². The van der Waals surface area contributed by atoms with Gasteiger partial charge in [0.05, 0.1) is 13.2 Å². The molecule has 18 heavy (non-hydrogen) atoms. The molecule has 0 saturated heterocycles.